The van der Waals surface area contributed by atoms with Crippen molar-refractivity contribution in [2.75, 3.05) is 6.61 Å². The number of rotatable bonds is 2. The second-order valence-electron chi connectivity index (χ2n) is 5.70. The van der Waals surface area contributed by atoms with Gasteiger partial charge in [0.2, 0.25) is 0 Å². The molecular weight excluding hydrogens is 532 g/mol. The predicted octanol–water partition coefficient (Wildman–Crippen LogP) is -4.35. The average molecular weight is 554 g/mol. The molecule has 2 heterocycles. The number of hydrogen-bond donors (Lipinski definition) is 12. The van der Waals surface area contributed by atoms with Gasteiger partial charge in [0.05, 0.1) is 6.61 Å². The molecule has 1 aliphatic heterocycles. The van der Waals surface area contributed by atoms with Gasteiger partial charge in [-0.25, -0.2) is 22.9 Å². The third kappa shape index (κ3) is 18.9. The summed E-state index contributed by atoms with van der Waals surface area (Å²) >= 11 is 0. The van der Waals surface area contributed by atoms with Gasteiger partial charge in [0.15, 0.2) is 12.4 Å². The standard InChI is InChI=1S/C10H13FN2O5.3H3O4P/c1-4-2-13(10(17)12-8(4)16)9-6(11)7(15)5(3-14)18-9;3*1-5(2,3)4/h2,5-7,9,14-15H,3H2,1H3,(H,12,16,17);3*(H3,1,2,3,4)/t5-,6+,7-,9-;;;/m0.../s1. The molecule has 0 bridgehead atoms. The first kappa shape index (κ1) is 34.0. The molecule has 0 aliphatic carbocycles. The molecule has 1 aliphatic rings. The van der Waals surface area contributed by atoms with Gasteiger partial charge in [0.1, 0.15) is 12.2 Å². The van der Waals surface area contributed by atoms with E-state index in [1.807, 2.05) is 4.98 Å². The van der Waals surface area contributed by atoms with Crippen LogP contribution in [0.1, 0.15) is 11.8 Å². The number of aromatic nitrogens is 2. The van der Waals surface area contributed by atoms with Crippen LogP contribution in [0, 0.1) is 6.92 Å². The molecule has 4 atom stereocenters. The van der Waals surface area contributed by atoms with Gasteiger partial charge >= 0.3 is 29.2 Å². The van der Waals surface area contributed by atoms with Crippen molar-refractivity contribution in [3.8, 4) is 0 Å². The molecule has 1 aromatic rings. The zero-order valence-electron chi connectivity index (χ0n) is 16.1. The zero-order chi connectivity index (χ0) is 26.9. The summed E-state index contributed by atoms with van der Waals surface area (Å²) in [6.07, 6.45) is -4.67. The summed E-state index contributed by atoms with van der Waals surface area (Å²) in [6.45, 7) is 0.895. The minimum Gasteiger partial charge on any atom is -0.394 e. The summed E-state index contributed by atoms with van der Waals surface area (Å²) in [5.74, 6) is 0. The van der Waals surface area contributed by atoms with Gasteiger partial charge in [-0.2, -0.15) is 0 Å². The summed E-state index contributed by atoms with van der Waals surface area (Å²) in [7, 11) is -13.9. The molecule has 23 heteroatoms. The average Bonchev–Trinajstić information content (AvgIpc) is 2.81. The fourth-order valence-corrected chi connectivity index (χ4v) is 1.85. The van der Waals surface area contributed by atoms with E-state index in [9.17, 15) is 19.1 Å². The maximum absolute atomic E-state index is 13.8. The Morgan fingerprint density at radius 3 is 1.64 bits per heavy atom. The van der Waals surface area contributed by atoms with E-state index >= 15 is 0 Å². The summed E-state index contributed by atoms with van der Waals surface area (Å²) in [5, 5.41) is 18.3. The maximum Gasteiger partial charge on any atom is 0.466 e. The predicted molar refractivity (Wildman–Crippen MR) is 101 cm³/mol. The summed E-state index contributed by atoms with van der Waals surface area (Å²) in [6, 6.07) is 0. The molecule has 0 amide bonds. The Morgan fingerprint density at radius 1 is 0.970 bits per heavy atom. The number of nitrogens with one attached hydrogen (secondary N) is 1. The second-order valence-corrected chi connectivity index (χ2v) is 8.78. The van der Waals surface area contributed by atoms with Crippen molar-refractivity contribution < 1.29 is 77.1 Å². The highest BCUT2D eigenvalue weighted by molar-refractivity contribution is 7.45. The Morgan fingerprint density at radius 2 is 1.33 bits per heavy atom. The molecular formula is C10H22FN2O17P3. The van der Waals surface area contributed by atoms with Crippen molar-refractivity contribution in [3.63, 3.8) is 0 Å². The minimum absolute atomic E-state index is 0.215. The van der Waals surface area contributed by atoms with Crippen LogP contribution in [0.15, 0.2) is 15.8 Å². The van der Waals surface area contributed by atoms with Crippen LogP contribution in [0.4, 0.5) is 4.39 Å². The highest BCUT2D eigenvalue weighted by atomic mass is 31.2. The number of hydrogen-bond acceptors (Lipinski definition) is 8. The van der Waals surface area contributed by atoms with Gasteiger partial charge in [-0.15, -0.1) is 0 Å². The van der Waals surface area contributed by atoms with Crippen LogP contribution in [0.3, 0.4) is 0 Å². The number of halogens is 1. The van der Waals surface area contributed by atoms with E-state index in [4.69, 9.17) is 67.6 Å². The van der Waals surface area contributed by atoms with Crippen LogP contribution in [-0.4, -0.2) is 88.8 Å². The molecule has 1 aromatic heterocycles. The quantitative estimate of drug-likeness (QED) is 0.154. The molecule has 1 saturated heterocycles. The normalized spacial score (nSPS) is 22.7. The van der Waals surface area contributed by atoms with Crippen LogP contribution in [0.5, 0.6) is 0 Å². The zero-order valence-corrected chi connectivity index (χ0v) is 18.8. The molecule has 0 spiro atoms. The molecule has 33 heavy (non-hydrogen) atoms. The molecule has 0 saturated carbocycles. The fraction of sp³-hybridized carbons (Fsp3) is 0.600. The Labute approximate surface area is 181 Å². The van der Waals surface area contributed by atoms with E-state index in [2.05, 4.69) is 0 Å². The maximum atomic E-state index is 13.8. The lowest BCUT2D eigenvalue weighted by Gasteiger charge is -2.15. The van der Waals surface area contributed by atoms with Crippen molar-refractivity contribution in [3.05, 3.63) is 32.6 Å². The Hall–Kier alpha value is -1.18. The van der Waals surface area contributed by atoms with E-state index < -0.39 is 65.9 Å². The molecule has 0 radical (unpaired) electrons. The number of aromatic amines is 1. The van der Waals surface area contributed by atoms with Gasteiger partial charge in [-0.1, -0.05) is 0 Å². The summed E-state index contributed by atoms with van der Waals surface area (Å²) in [5.41, 5.74) is -1.18. The molecule has 12 N–H and O–H groups in total. The van der Waals surface area contributed by atoms with Crippen molar-refractivity contribution >= 4 is 23.5 Å². The van der Waals surface area contributed by atoms with Gasteiger partial charge in [-0.05, 0) is 6.92 Å². The van der Waals surface area contributed by atoms with Crippen LogP contribution in [0.2, 0.25) is 0 Å². The van der Waals surface area contributed by atoms with Gasteiger partial charge in [-0.3, -0.25) is 14.3 Å². The van der Waals surface area contributed by atoms with Crippen LogP contribution >= 0.6 is 23.5 Å². The number of aliphatic hydroxyl groups excluding tert-OH is 2. The number of ether oxygens (including phenoxy) is 1. The Balaban J connectivity index is 0. The lowest BCUT2D eigenvalue weighted by molar-refractivity contribution is -0.0492. The molecule has 2 rings (SSSR count). The second kappa shape index (κ2) is 13.6. The van der Waals surface area contributed by atoms with Gasteiger partial charge in [0, 0.05) is 11.8 Å². The Bertz CT molecular complexity index is 921. The molecule has 19 nitrogen and oxygen atoms in total. The van der Waals surface area contributed by atoms with Crippen molar-refractivity contribution in [2.45, 2.75) is 31.5 Å². The first-order chi connectivity index (χ1) is 14.5. The first-order valence-electron chi connectivity index (χ1n) is 7.71. The lowest BCUT2D eigenvalue weighted by atomic mass is 10.1. The van der Waals surface area contributed by atoms with Crippen LogP contribution in [0.25, 0.3) is 0 Å². The van der Waals surface area contributed by atoms with E-state index in [1.54, 1.807) is 0 Å². The summed E-state index contributed by atoms with van der Waals surface area (Å²) in [4.78, 5) is 89.4. The third-order valence-electron chi connectivity index (χ3n) is 2.89. The SMILES string of the molecule is Cc1cn([C@H]2O[C@@H](CO)[C@H](O)[C@H]2F)c(=O)[nH]c1=O.O=P(O)(O)O.O=P(O)(O)O.O=P(O)(O)O. The smallest absolute Gasteiger partial charge is 0.394 e. The van der Waals surface area contributed by atoms with Gasteiger partial charge in [0.25, 0.3) is 5.56 Å². The minimum atomic E-state index is -4.64. The summed E-state index contributed by atoms with van der Waals surface area (Å²) < 4.78 is 46.3. The number of H-pyrrole nitrogens is 1. The molecule has 196 valence electrons. The van der Waals surface area contributed by atoms with E-state index in [0.29, 0.717) is 0 Å². The molecule has 0 aromatic carbocycles. The lowest BCUT2D eigenvalue weighted by Crippen LogP contribution is -2.36. The van der Waals surface area contributed by atoms with E-state index in [0.717, 1.165) is 10.8 Å². The largest absolute Gasteiger partial charge is 0.466 e. The van der Waals surface area contributed by atoms with Gasteiger partial charge < -0.3 is 59.0 Å². The third-order valence-corrected chi connectivity index (χ3v) is 2.89. The van der Waals surface area contributed by atoms with Crippen LogP contribution < -0.4 is 11.2 Å². The molecule has 0 unspecified atom stereocenters. The Kier molecular flexibility index (Phi) is 14.1. The number of phosphoric acid groups is 3. The highest BCUT2D eigenvalue weighted by Gasteiger charge is 2.45. The molecule has 1 fully saturated rings. The number of aliphatic hydroxyl groups is 2. The van der Waals surface area contributed by atoms with Crippen molar-refractivity contribution in [1.82, 2.24) is 9.55 Å². The monoisotopic (exact) mass is 554 g/mol. The highest BCUT2D eigenvalue weighted by Crippen LogP contribution is 2.30. The number of aryl methyl sites for hydroxylation is 1. The van der Waals surface area contributed by atoms with Crippen LogP contribution in [-0.2, 0) is 18.4 Å². The van der Waals surface area contributed by atoms with E-state index in [1.165, 1.54) is 6.92 Å². The first-order valence-corrected chi connectivity index (χ1v) is 12.4. The topological polar surface area (TPSA) is 338 Å². The fourth-order valence-electron chi connectivity index (χ4n) is 1.85. The number of alkyl halides is 1. The van der Waals surface area contributed by atoms with Crippen molar-refractivity contribution in [2.24, 2.45) is 0 Å². The van der Waals surface area contributed by atoms with Crippen molar-refractivity contribution in [1.29, 1.82) is 0 Å². The number of nitrogens with zero attached hydrogens (tertiary/aromatic N) is 1. The van der Waals surface area contributed by atoms with E-state index in [-0.39, 0.29) is 5.56 Å².